The first-order valence-electron chi connectivity index (χ1n) is 8.38. The molecule has 0 spiro atoms. The molecular weight excluding hydrogens is 344 g/mol. The van der Waals surface area contributed by atoms with Crippen LogP contribution in [0.1, 0.15) is 22.4 Å². The van der Waals surface area contributed by atoms with Crippen LogP contribution in [0.3, 0.4) is 0 Å². The van der Waals surface area contributed by atoms with Gasteiger partial charge in [0.2, 0.25) is 0 Å². The van der Waals surface area contributed by atoms with Gasteiger partial charge in [-0.1, -0.05) is 30.4 Å². The van der Waals surface area contributed by atoms with Crippen molar-refractivity contribution in [2.45, 2.75) is 0 Å². The monoisotopic (exact) mass is 359 g/mol. The highest BCUT2D eigenvalue weighted by atomic mass is 19.1. The number of halogens is 2. The lowest BCUT2D eigenvalue weighted by atomic mass is 10.1. The maximum Gasteiger partial charge on any atom is 0.148 e. The van der Waals surface area contributed by atoms with Crippen LogP contribution in [0.5, 0.6) is 0 Å². The van der Waals surface area contributed by atoms with E-state index < -0.39 is 0 Å². The molecule has 0 aliphatic heterocycles. The summed E-state index contributed by atoms with van der Waals surface area (Å²) in [5.41, 5.74) is 3.54. The largest absolute Gasteiger partial charge is 0.355 e. The van der Waals surface area contributed by atoms with Crippen LogP contribution in [0.25, 0.3) is 35.2 Å². The standard InChI is InChI=1S/C22H15F2N3/c23-19-13-25-11-9-15(19)5-7-18-17-3-1-2-4-21(17)27-22(18)8-6-16-10-12-26-14-20(16)24/h1-14,27H/b7-5+,8-6+. The fourth-order valence-electron chi connectivity index (χ4n) is 2.88. The maximum absolute atomic E-state index is 13.9. The Morgan fingerprint density at radius 1 is 0.741 bits per heavy atom. The minimum atomic E-state index is -0.388. The fraction of sp³-hybridized carbons (Fsp3) is 0. The normalized spacial score (nSPS) is 11.8. The number of hydrogen-bond acceptors (Lipinski definition) is 2. The molecule has 0 fully saturated rings. The lowest BCUT2D eigenvalue weighted by Crippen LogP contribution is -1.84. The molecule has 0 saturated heterocycles. The summed E-state index contributed by atoms with van der Waals surface area (Å²) in [7, 11) is 0. The number of benzene rings is 1. The summed E-state index contributed by atoms with van der Waals surface area (Å²) in [6.07, 6.45) is 12.5. The summed E-state index contributed by atoms with van der Waals surface area (Å²) < 4.78 is 27.7. The molecule has 132 valence electrons. The average Bonchev–Trinajstić information content (AvgIpc) is 3.04. The molecule has 3 nitrogen and oxygen atoms in total. The number of pyridine rings is 2. The van der Waals surface area contributed by atoms with Crippen molar-refractivity contribution in [2.75, 3.05) is 0 Å². The van der Waals surface area contributed by atoms with E-state index in [0.29, 0.717) is 11.1 Å². The van der Waals surface area contributed by atoms with Gasteiger partial charge in [0, 0.05) is 45.7 Å². The molecule has 0 amide bonds. The van der Waals surface area contributed by atoms with E-state index in [1.54, 1.807) is 42.8 Å². The van der Waals surface area contributed by atoms with Crippen molar-refractivity contribution in [3.8, 4) is 0 Å². The van der Waals surface area contributed by atoms with Gasteiger partial charge < -0.3 is 4.98 Å². The van der Waals surface area contributed by atoms with Crippen molar-refractivity contribution in [2.24, 2.45) is 0 Å². The van der Waals surface area contributed by atoms with Crippen molar-refractivity contribution in [3.63, 3.8) is 0 Å². The number of aromatic amines is 1. The predicted octanol–water partition coefficient (Wildman–Crippen LogP) is 5.58. The Balaban J connectivity index is 1.78. The third-order valence-corrected chi connectivity index (χ3v) is 4.24. The maximum atomic E-state index is 13.9. The summed E-state index contributed by atoms with van der Waals surface area (Å²) in [5, 5.41) is 0.998. The second kappa shape index (κ2) is 7.33. The molecule has 0 unspecified atom stereocenters. The molecule has 0 bridgehead atoms. The molecule has 4 aromatic rings. The number of nitrogens with zero attached hydrogens (tertiary/aromatic N) is 2. The van der Waals surface area contributed by atoms with E-state index in [4.69, 9.17) is 0 Å². The van der Waals surface area contributed by atoms with Crippen molar-refractivity contribution in [1.29, 1.82) is 0 Å². The van der Waals surface area contributed by atoms with Crippen LogP contribution < -0.4 is 0 Å². The molecule has 0 aliphatic carbocycles. The van der Waals surface area contributed by atoms with E-state index in [1.807, 2.05) is 30.3 Å². The van der Waals surface area contributed by atoms with Gasteiger partial charge in [-0.05, 0) is 30.4 Å². The van der Waals surface area contributed by atoms with Crippen LogP contribution in [-0.2, 0) is 0 Å². The first-order valence-corrected chi connectivity index (χ1v) is 8.38. The topological polar surface area (TPSA) is 41.6 Å². The first-order chi connectivity index (χ1) is 13.2. The molecule has 3 heterocycles. The Morgan fingerprint density at radius 3 is 2.04 bits per heavy atom. The summed E-state index contributed by atoms with van der Waals surface area (Å²) in [5.74, 6) is -0.773. The van der Waals surface area contributed by atoms with Gasteiger partial charge in [0.25, 0.3) is 0 Å². The van der Waals surface area contributed by atoms with E-state index in [9.17, 15) is 8.78 Å². The van der Waals surface area contributed by atoms with Crippen LogP contribution in [0, 0.1) is 11.6 Å². The summed E-state index contributed by atoms with van der Waals surface area (Å²) >= 11 is 0. The van der Waals surface area contributed by atoms with Crippen LogP contribution >= 0.6 is 0 Å². The van der Waals surface area contributed by atoms with E-state index in [2.05, 4.69) is 15.0 Å². The molecular formula is C22H15F2N3. The molecule has 3 aromatic heterocycles. The van der Waals surface area contributed by atoms with Crippen molar-refractivity contribution < 1.29 is 8.78 Å². The molecule has 0 aliphatic rings. The van der Waals surface area contributed by atoms with Crippen LogP contribution in [0.15, 0.2) is 61.2 Å². The minimum Gasteiger partial charge on any atom is -0.355 e. The smallest absolute Gasteiger partial charge is 0.148 e. The molecule has 0 radical (unpaired) electrons. The lowest BCUT2D eigenvalue weighted by molar-refractivity contribution is 0.618. The molecule has 0 atom stereocenters. The Hall–Kier alpha value is -3.60. The summed E-state index contributed by atoms with van der Waals surface area (Å²) in [6, 6.07) is 11.0. The van der Waals surface area contributed by atoms with Gasteiger partial charge in [0.1, 0.15) is 11.6 Å². The van der Waals surface area contributed by atoms with Crippen molar-refractivity contribution >= 4 is 35.2 Å². The molecule has 5 heteroatoms. The second-order valence-electron chi connectivity index (χ2n) is 5.96. The third-order valence-electron chi connectivity index (χ3n) is 4.24. The van der Waals surface area contributed by atoms with Crippen LogP contribution in [0.4, 0.5) is 8.78 Å². The first kappa shape index (κ1) is 16.8. The van der Waals surface area contributed by atoms with Crippen molar-refractivity contribution in [1.82, 2.24) is 15.0 Å². The SMILES string of the molecule is Fc1cnccc1/C=C/c1[nH]c2ccccc2c1/C=C/c1ccncc1F. The quantitative estimate of drug-likeness (QED) is 0.517. The van der Waals surface area contributed by atoms with Crippen LogP contribution in [-0.4, -0.2) is 15.0 Å². The van der Waals surface area contributed by atoms with Gasteiger partial charge in [0.15, 0.2) is 0 Å². The van der Waals surface area contributed by atoms with Gasteiger partial charge in [0.05, 0.1) is 12.4 Å². The zero-order valence-electron chi connectivity index (χ0n) is 14.2. The van der Waals surface area contributed by atoms with E-state index in [0.717, 1.165) is 22.2 Å². The summed E-state index contributed by atoms with van der Waals surface area (Å²) in [6.45, 7) is 0. The Labute approximate surface area is 154 Å². The number of hydrogen-bond donors (Lipinski definition) is 1. The number of para-hydroxylation sites is 1. The number of aromatic nitrogens is 3. The van der Waals surface area contributed by atoms with E-state index in [1.165, 1.54) is 12.4 Å². The highest BCUT2D eigenvalue weighted by molar-refractivity contribution is 5.96. The number of fused-ring (bicyclic) bond motifs is 1. The zero-order valence-corrected chi connectivity index (χ0v) is 14.2. The molecule has 4 rings (SSSR count). The molecule has 0 saturated carbocycles. The second-order valence-corrected chi connectivity index (χ2v) is 5.96. The Kier molecular flexibility index (Phi) is 4.58. The van der Waals surface area contributed by atoms with E-state index in [-0.39, 0.29) is 11.6 Å². The number of nitrogens with one attached hydrogen (secondary N) is 1. The minimum absolute atomic E-state index is 0.385. The molecule has 1 N–H and O–H groups in total. The van der Waals surface area contributed by atoms with Gasteiger partial charge >= 0.3 is 0 Å². The number of H-pyrrole nitrogens is 1. The van der Waals surface area contributed by atoms with E-state index >= 15 is 0 Å². The summed E-state index contributed by atoms with van der Waals surface area (Å²) in [4.78, 5) is 10.8. The Bertz CT molecular complexity index is 1160. The Morgan fingerprint density at radius 2 is 1.37 bits per heavy atom. The van der Waals surface area contributed by atoms with Gasteiger partial charge in [-0.3, -0.25) is 9.97 Å². The zero-order chi connectivity index (χ0) is 18.6. The van der Waals surface area contributed by atoms with Crippen LogP contribution in [0.2, 0.25) is 0 Å². The van der Waals surface area contributed by atoms with Crippen molar-refractivity contribution in [3.05, 3.63) is 95.2 Å². The van der Waals surface area contributed by atoms with Gasteiger partial charge in [-0.25, -0.2) is 8.78 Å². The van der Waals surface area contributed by atoms with Gasteiger partial charge in [-0.2, -0.15) is 0 Å². The highest BCUT2D eigenvalue weighted by Gasteiger charge is 2.07. The molecule has 27 heavy (non-hydrogen) atoms. The average molecular weight is 359 g/mol. The third kappa shape index (κ3) is 3.53. The number of rotatable bonds is 4. The highest BCUT2D eigenvalue weighted by Crippen LogP contribution is 2.26. The lowest BCUT2D eigenvalue weighted by Gasteiger charge is -1.98. The van der Waals surface area contributed by atoms with Gasteiger partial charge in [-0.15, -0.1) is 0 Å². The fourth-order valence-corrected chi connectivity index (χ4v) is 2.88. The molecule has 1 aromatic carbocycles. The predicted molar refractivity (Wildman–Crippen MR) is 105 cm³/mol.